The van der Waals surface area contributed by atoms with E-state index in [9.17, 15) is 4.79 Å². The molecule has 0 radical (unpaired) electrons. The zero-order valence-electron chi connectivity index (χ0n) is 16.5. The molecular weight excluding hydrogens is 344 g/mol. The lowest BCUT2D eigenvalue weighted by atomic mass is 9.59. The smallest absolute Gasteiger partial charge is 0.220 e. The van der Waals surface area contributed by atoms with Gasteiger partial charge in [0.1, 0.15) is 0 Å². The largest absolute Gasteiger partial charge is 0.356 e. The van der Waals surface area contributed by atoms with Crippen LogP contribution in [0.5, 0.6) is 0 Å². The first-order chi connectivity index (χ1) is 13.8. The zero-order chi connectivity index (χ0) is 18.9. The summed E-state index contributed by atoms with van der Waals surface area (Å²) in [6, 6.07) is 17.9. The fourth-order valence-electron chi connectivity index (χ4n) is 5.80. The number of amides is 1. The number of hydrogen-bond acceptors (Lipinski definition) is 2. The van der Waals surface area contributed by atoms with E-state index >= 15 is 0 Å². The molecule has 146 valence electrons. The Morgan fingerprint density at radius 1 is 0.929 bits per heavy atom. The van der Waals surface area contributed by atoms with Crippen molar-refractivity contribution in [1.29, 1.82) is 0 Å². The number of carbonyl (C=O) groups is 1. The van der Waals surface area contributed by atoms with E-state index in [0.717, 1.165) is 38.4 Å². The Hall–Kier alpha value is -2.13. The monoisotopic (exact) mass is 374 g/mol. The van der Waals surface area contributed by atoms with Crippen LogP contribution >= 0.6 is 0 Å². The first kappa shape index (κ1) is 17.9. The molecule has 1 saturated heterocycles. The van der Waals surface area contributed by atoms with Gasteiger partial charge < -0.3 is 10.6 Å². The fourth-order valence-corrected chi connectivity index (χ4v) is 5.80. The second-order valence-corrected chi connectivity index (χ2v) is 8.82. The Morgan fingerprint density at radius 3 is 2.18 bits per heavy atom. The van der Waals surface area contributed by atoms with Crippen LogP contribution in [0.2, 0.25) is 0 Å². The molecule has 6 rings (SSSR count). The molecule has 28 heavy (non-hydrogen) atoms. The third-order valence-electron chi connectivity index (χ3n) is 7.22. The summed E-state index contributed by atoms with van der Waals surface area (Å²) in [6.07, 6.45) is 5.29. The standard InChI is InChI=1S/C25H30N2O/c28-24(10-9-17-11-13-26-14-12-17)27-16-18-15-23-19-5-1-3-7-21(19)25(18)22-8-4-2-6-20(22)23/h1-8,17-18,23,25-26H,9-16H2,(H,27,28). The molecule has 3 heteroatoms. The summed E-state index contributed by atoms with van der Waals surface area (Å²) in [7, 11) is 0. The molecule has 1 aliphatic heterocycles. The van der Waals surface area contributed by atoms with Crippen LogP contribution in [0, 0.1) is 11.8 Å². The van der Waals surface area contributed by atoms with Crippen LogP contribution in [0.15, 0.2) is 48.5 Å². The van der Waals surface area contributed by atoms with Crippen molar-refractivity contribution in [2.24, 2.45) is 11.8 Å². The highest BCUT2D eigenvalue weighted by Gasteiger charge is 2.42. The van der Waals surface area contributed by atoms with E-state index in [4.69, 9.17) is 0 Å². The Balaban J connectivity index is 1.26. The molecule has 2 aromatic rings. The molecule has 0 spiro atoms. The van der Waals surface area contributed by atoms with Gasteiger partial charge in [0.2, 0.25) is 5.91 Å². The first-order valence-corrected chi connectivity index (χ1v) is 11.0. The summed E-state index contributed by atoms with van der Waals surface area (Å²) in [4.78, 5) is 12.5. The fraction of sp³-hybridized carbons (Fsp3) is 0.480. The highest BCUT2D eigenvalue weighted by Crippen LogP contribution is 2.55. The van der Waals surface area contributed by atoms with Gasteiger partial charge in [0.25, 0.3) is 0 Å². The quantitative estimate of drug-likeness (QED) is 0.824. The van der Waals surface area contributed by atoms with E-state index in [1.54, 1.807) is 0 Å². The van der Waals surface area contributed by atoms with Crippen molar-refractivity contribution in [3.8, 4) is 0 Å². The van der Waals surface area contributed by atoms with Gasteiger partial charge in [0, 0.05) is 24.8 Å². The topological polar surface area (TPSA) is 41.1 Å². The predicted molar refractivity (Wildman–Crippen MR) is 113 cm³/mol. The van der Waals surface area contributed by atoms with Gasteiger partial charge in [-0.05, 0) is 72.9 Å². The molecule has 3 nitrogen and oxygen atoms in total. The Bertz CT molecular complexity index is 808. The molecule has 2 bridgehead atoms. The molecule has 0 aromatic heterocycles. The van der Waals surface area contributed by atoms with Gasteiger partial charge in [-0.3, -0.25) is 4.79 Å². The molecule has 1 unspecified atom stereocenters. The van der Waals surface area contributed by atoms with Gasteiger partial charge in [-0.2, -0.15) is 0 Å². The average molecular weight is 375 g/mol. The van der Waals surface area contributed by atoms with Crippen molar-refractivity contribution in [1.82, 2.24) is 10.6 Å². The first-order valence-electron chi connectivity index (χ1n) is 11.0. The van der Waals surface area contributed by atoms with Gasteiger partial charge >= 0.3 is 0 Å². The van der Waals surface area contributed by atoms with Crippen LogP contribution in [0.1, 0.15) is 66.2 Å². The number of piperidine rings is 1. The van der Waals surface area contributed by atoms with Gasteiger partial charge in [0.15, 0.2) is 0 Å². The lowest BCUT2D eigenvalue weighted by Gasteiger charge is -2.45. The van der Waals surface area contributed by atoms with Crippen LogP contribution in [0.4, 0.5) is 0 Å². The maximum atomic E-state index is 12.5. The minimum atomic E-state index is 0.238. The number of fused-ring (bicyclic) bond motifs is 1. The normalized spacial score (nSPS) is 25.8. The highest BCUT2D eigenvalue weighted by atomic mass is 16.1. The molecule has 2 N–H and O–H groups in total. The van der Waals surface area contributed by atoms with Crippen LogP contribution in [0.25, 0.3) is 0 Å². The van der Waals surface area contributed by atoms with Crippen LogP contribution < -0.4 is 10.6 Å². The second kappa shape index (κ2) is 7.71. The second-order valence-electron chi connectivity index (χ2n) is 8.82. The van der Waals surface area contributed by atoms with Crippen molar-refractivity contribution in [2.75, 3.05) is 19.6 Å². The van der Waals surface area contributed by atoms with Crippen molar-refractivity contribution in [3.05, 3.63) is 70.8 Å². The van der Waals surface area contributed by atoms with Gasteiger partial charge in [-0.1, -0.05) is 48.5 Å². The summed E-state index contributed by atoms with van der Waals surface area (Å²) in [6.45, 7) is 3.02. The molecule has 4 aliphatic rings. The molecule has 3 aliphatic carbocycles. The third kappa shape index (κ3) is 3.26. The van der Waals surface area contributed by atoms with Crippen LogP contribution in [-0.4, -0.2) is 25.5 Å². The van der Waals surface area contributed by atoms with E-state index in [-0.39, 0.29) is 5.91 Å². The van der Waals surface area contributed by atoms with Gasteiger partial charge in [-0.15, -0.1) is 0 Å². The average Bonchev–Trinajstić information content (AvgIpc) is 2.77. The number of nitrogens with one attached hydrogen (secondary N) is 2. The molecule has 1 amide bonds. The zero-order valence-corrected chi connectivity index (χ0v) is 16.5. The summed E-state index contributed by atoms with van der Waals surface area (Å²) in [5.41, 5.74) is 5.96. The highest BCUT2D eigenvalue weighted by molar-refractivity contribution is 5.75. The van der Waals surface area contributed by atoms with E-state index in [2.05, 4.69) is 59.2 Å². The maximum absolute atomic E-state index is 12.5. The van der Waals surface area contributed by atoms with E-state index in [1.807, 2.05) is 0 Å². The molecule has 1 fully saturated rings. The number of rotatable bonds is 5. The Morgan fingerprint density at radius 2 is 1.54 bits per heavy atom. The van der Waals surface area contributed by atoms with Crippen LogP contribution in [0.3, 0.4) is 0 Å². The summed E-state index contributed by atoms with van der Waals surface area (Å²) in [5, 5.41) is 6.69. The Kier molecular flexibility index (Phi) is 4.94. The molecule has 2 aromatic carbocycles. The van der Waals surface area contributed by atoms with E-state index in [0.29, 0.717) is 24.2 Å². The van der Waals surface area contributed by atoms with Crippen molar-refractivity contribution in [3.63, 3.8) is 0 Å². The SMILES string of the molecule is O=C(CCC1CCNCC1)NCC1CC2c3ccccc3C1c1ccccc12. The Labute approximate surface area is 167 Å². The molecular formula is C25H30N2O. The molecule has 1 atom stereocenters. The number of benzene rings is 2. The molecule has 0 saturated carbocycles. The summed E-state index contributed by atoms with van der Waals surface area (Å²) < 4.78 is 0. The minimum absolute atomic E-state index is 0.238. The van der Waals surface area contributed by atoms with E-state index < -0.39 is 0 Å². The summed E-state index contributed by atoms with van der Waals surface area (Å²) in [5.74, 6) is 2.35. The van der Waals surface area contributed by atoms with Gasteiger partial charge in [0.05, 0.1) is 0 Å². The van der Waals surface area contributed by atoms with Crippen molar-refractivity contribution in [2.45, 2.75) is 43.9 Å². The lowest BCUT2D eigenvalue weighted by molar-refractivity contribution is -0.121. The van der Waals surface area contributed by atoms with Gasteiger partial charge in [-0.25, -0.2) is 0 Å². The molecule has 1 heterocycles. The van der Waals surface area contributed by atoms with Crippen molar-refractivity contribution < 1.29 is 4.79 Å². The number of hydrogen-bond donors (Lipinski definition) is 2. The maximum Gasteiger partial charge on any atom is 0.220 e. The van der Waals surface area contributed by atoms with Crippen LogP contribution in [-0.2, 0) is 4.79 Å². The lowest BCUT2D eigenvalue weighted by Crippen LogP contribution is -2.39. The third-order valence-corrected chi connectivity index (χ3v) is 7.22. The van der Waals surface area contributed by atoms with Crippen molar-refractivity contribution >= 4 is 5.91 Å². The minimum Gasteiger partial charge on any atom is -0.356 e. The van der Waals surface area contributed by atoms with E-state index in [1.165, 1.54) is 35.1 Å². The number of carbonyl (C=O) groups excluding carboxylic acids is 1. The predicted octanol–water partition coefficient (Wildman–Crippen LogP) is 4.18. The summed E-state index contributed by atoms with van der Waals surface area (Å²) >= 11 is 0.